The minimum Gasteiger partial charge on any atom is -0.383 e. The highest BCUT2D eigenvalue weighted by atomic mass is 16.5. The lowest BCUT2D eigenvalue weighted by Gasteiger charge is -2.22. The summed E-state index contributed by atoms with van der Waals surface area (Å²) in [5.74, 6) is 1.35. The molecule has 0 saturated heterocycles. The highest BCUT2D eigenvalue weighted by molar-refractivity contribution is 5.37. The van der Waals surface area contributed by atoms with E-state index in [-0.39, 0.29) is 5.56 Å². The number of aromatic amines is 1. The molecule has 0 unspecified atom stereocenters. The van der Waals surface area contributed by atoms with Gasteiger partial charge in [0.25, 0.3) is 5.56 Å². The molecule has 0 aliphatic carbocycles. The van der Waals surface area contributed by atoms with Crippen molar-refractivity contribution in [3.8, 4) is 0 Å². The molecule has 0 aromatic carbocycles. The second kappa shape index (κ2) is 7.03. The molecule has 6 heteroatoms. The van der Waals surface area contributed by atoms with E-state index in [1.165, 1.54) is 6.07 Å². The van der Waals surface area contributed by atoms with E-state index >= 15 is 0 Å². The first kappa shape index (κ1) is 13.7. The molecule has 0 bridgehead atoms. The molecular formula is C11H20N4O2. The molecule has 1 aromatic rings. The minimum atomic E-state index is -0.133. The Kier molecular flexibility index (Phi) is 5.65. The van der Waals surface area contributed by atoms with Gasteiger partial charge < -0.3 is 20.4 Å². The predicted molar refractivity (Wildman–Crippen MR) is 67.4 cm³/mol. The van der Waals surface area contributed by atoms with Crippen LogP contribution in [0.25, 0.3) is 0 Å². The monoisotopic (exact) mass is 240 g/mol. The molecule has 0 radical (unpaired) electrons. The van der Waals surface area contributed by atoms with Crippen LogP contribution in [0.2, 0.25) is 0 Å². The van der Waals surface area contributed by atoms with Gasteiger partial charge in [0.15, 0.2) is 0 Å². The molecule has 17 heavy (non-hydrogen) atoms. The van der Waals surface area contributed by atoms with Crippen LogP contribution in [-0.2, 0) is 11.2 Å². The zero-order valence-electron chi connectivity index (χ0n) is 10.4. The van der Waals surface area contributed by atoms with Crippen molar-refractivity contribution < 1.29 is 4.74 Å². The molecule has 6 nitrogen and oxygen atoms in total. The molecule has 1 aromatic heterocycles. The Morgan fingerprint density at radius 3 is 2.88 bits per heavy atom. The van der Waals surface area contributed by atoms with E-state index in [0.717, 1.165) is 0 Å². The molecule has 0 spiro atoms. The maximum atomic E-state index is 11.5. The molecule has 0 fully saturated rings. The summed E-state index contributed by atoms with van der Waals surface area (Å²) >= 11 is 0. The highest BCUT2D eigenvalue weighted by Crippen LogP contribution is 2.07. The summed E-state index contributed by atoms with van der Waals surface area (Å²) in [5, 5.41) is 0. The first-order valence-corrected chi connectivity index (χ1v) is 5.75. The van der Waals surface area contributed by atoms with Gasteiger partial charge in [-0.05, 0) is 0 Å². The van der Waals surface area contributed by atoms with E-state index < -0.39 is 0 Å². The second-order valence-corrected chi connectivity index (χ2v) is 3.67. The number of nitrogens with two attached hydrogens (primary N) is 1. The maximum absolute atomic E-state index is 11.5. The van der Waals surface area contributed by atoms with E-state index in [2.05, 4.69) is 9.97 Å². The fourth-order valence-corrected chi connectivity index (χ4v) is 1.52. The SMILES string of the molecule is CCc1nc(N(CCN)CCOC)cc(=O)[nH]1. The lowest BCUT2D eigenvalue weighted by molar-refractivity contribution is 0.205. The Hall–Kier alpha value is -1.40. The van der Waals surface area contributed by atoms with Gasteiger partial charge in [-0.1, -0.05) is 6.92 Å². The van der Waals surface area contributed by atoms with Gasteiger partial charge in [0, 0.05) is 39.2 Å². The van der Waals surface area contributed by atoms with Crippen molar-refractivity contribution >= 4 is 5.82 Å². The van der Waals surface area contributed by atoms with E-state index in [9.17, 15) is 4.79 Å². The number of hydrogen-bond donors (Lipinski definition) is 2. The molecule has 1 rings (SSSR count). The molecule has 1 heterocycles. The summed E-state index contributed by atoms with van der Waals surface area (Å²) in [5.41, 5.74) is 5.42. The van der Waals surface area contributed by atoms with Crippen molar-refractivity contribution in [2.75, 3.05) is 38.3 Å². The first-order valence-electron chi connectivity index (χ1n) is 5.75. The summed E-state index contributed by atoms with van der Waals surface area (Å²) in [6, 6.07) is 1.49. The van der Waals surface area contributed by atoms with Crippen LogP contribution in [0.5, 0.6) is 0 Å². The molecule has 96 valence electrons. The number of methoxy groups -OCH3 is 1. The number of aromatic nitrogens is 2. The fourth-order valence-electron chi connectivity index (χ4n) is 1.52. The molecule has 0 aliphatic rings. The van der Waals surface area contributed by atoms with Crippen molar-refractivity contribution in [3.05, 3.63) is 22.2 Å². The molecule has 0 aliphatic heterocycles. The molecular weight excluding hydrogens is 220 g/mol. The van der Waals surface area contributed by atoms with Gasteiger partial charge in [0.2, 0.25) is 0 Å². The zero-order chi connectivity index (χ0) is 12.7. The number of nitrogens with one attached hydrogen (secondary N) is 1. The van der Waals surface area contributed by atoms with Crippen LogP contribution >= 0.6 is 0 Å². The van der Waals surface area contributed by atoms with Gasteiger partial charge in [-0.15, -0.1) is 0 Å². The van der Waals surface area contributed by atoms with E-state index in [1.54, 1.807) is 7.11 Å². The smallest absolute Gasteiger partial charge is 0.252 e. The average Bonchev–Trinajstić information content (AvgIpc) is 2.33. The molecule has 0 amide bonds. The average molecular weight is 240 g/mol. The number of ether oxygens (including phenoxy) is 1. The van der Waals surface area contributed by atoms with Crippen molar-refractivity contribution in [2.45, 2.75) is 13.3 Å². The Morgan fingerprint density at radius 1 is 1.53 bits per heavy atom. The van der Waals surface area contributed by atoms with Crippen LogP contribution in [0.4, 0.5) is 5.82 Å². The van der Waals surface area contributed by atoms with Gasteiger partial charge in [-0.25, -0.2) is 4.98 Å². The fraction of sp³-hybridized carbons (Fsp3) is 0.636. The van der Waals surface area contributed by atoms with Crippen molar-refractivity contribution in [1.82, 2.24) is 9.97 Å². The second-order valence-electron chi connectivity index (χ2n) is 3.67. The van der Waals surface area contributed by atoms with Gasteiger partial charge in [-0.3, -0.25) is 4.79 Å². The third-order valence-electron chi connectivity index (χ3n) is 2.40. The third-order valence-corrected chi connectivity index (χ3v) is 2.40. The topological polar surface area (TPSA) is 84.2 Å². The van der Waals surface area contributed by atoms with Crippen LogP contribution in [0.1, 0.15) is 12.7 Å². The summed E-state index contributed by atoms with van der Waals surface area (Å²) in [6.07, 6.45) is 0.698. The van der Waals surface area contributed by atoms with E-state index in [4.69, 9.17) is 10.5 Å². The van der Waals surface area contributed by atoms with Crippen molar-refractivity contribution in [2.24, 2.45) is 5.73 Å². The van der Waals surface area contributed by atoms with Crippen LogP contribution in [0, 0.1) is 0 Å². The van der Waals surface area contributed by atoms with Crippen molar-refractivity contribution in [3.63, 3.8) is 0 Å². The van der Waals surface area contributed by atoms with E-state index in [0.29, 0.717) is 44.3 Å². The third kappa shape index (κ3) is 4.16. The zero-order valence-corrected chi connectivity index (χ0v) is 10.4. The van der Waals surface area contributed by atoms with Gasteiger partial charge in [0.1, 0.15) is 11.6 Å². The van der Waals surface area contributed by atoms with Crippen LogP contribution in [0.3, 0.4) is 0 Å². The lowest BCUT2D eigenvalue weighted by atomic mass is 10.4. The predicted octanol–water partition coefficient (Wildman–Crippen LogP) is -0.256. The normalized spacial score (nSPS) is 10.5. The van der Waals surface area contributed by atoms with Crippen LogP contribution in [0.15, 0.2) is 10.9 Å². The number of anilines is 1. The summed E-state index contributed by atoms with van der Waals surface area (Å²) in [6.45, 7) is 4.37. The van der Waals surface area contributed by atoms with Crippen LogP contribution < -0.4 is 16.2 Å². The Morgan fingerprint density at radius 2 is 2.29 bits per heavy atom. The van der Waals surface area contributed by atoms with Gasteiger partial charge in [-0.2, -0.15) is 0 Å². The molecule has 0 atom stereocenters. The maximum Gasteiger partial charge on any atom is 0.252 e. The quantitative estimate of drug-likeness (QED) is 0.686. The summed E-state index contributed by atoms with van der Waals surface area (Å²) in [4.78, 5) is 20.5. The molecule has 3 N–H and O–H groups in total. The highest BCUT2D eigenvalue weighted by Gasteiger charge is 2.08. The lowest BCUT2D eigenvalue weighted by Crippen LogP contribution is -2.34. The number of H-pyrrole nitrogens is 1. The number of aryl methyl sites for hydroxylation is 1. The Bertz CT molecular complexity index is 391. The standard InChI is InChI=1S/C11H20N4O2/c1-3-9-13-10(8-11(16)14-9)15(5-4-12)6-7-17-2/h8H,3-7,12H2,1-2H3,(H,13,14,16). The minimum absolute atomic E-state index is 0.133. The van der Waals surface area contributed by atoms with Crippen molar-refractivity contribution in [1.29, 1.82) is 0 Å². The summed E-state index contributed by atoms with van der Waals surface area (Å²) in [7, 11) is 1.64. The largest absolute Gasteiger partial charge is 0.383 e. The van der Waals surface area contributed by atoms with Gasteiger partial charge >= 0.3 is 0 Å². The van der Waals surface area contributed by atoms with Gasteiger partial charge in [0.05, 0.1) is 6.61 Å². The van der Waals surface area contributed by atoms with Crippen LogP contribution in [-0.4, -0.2) is 43.3 Å². The summed E-state index contributed by atoms with van der Waals surface area (Å²) < 4.78 is 5.03. The van der Waals surface area contributed by atoms with E-state index in [1.807, 2.05) is 11.8 Å². The Labute approximate surface area is 101 Å². The Balaban J connectivity index is 2.91. The number of hydrogen-bond acceptors (Lipinski definition) is 5. The number of rotatable bonds is 7. The first-order chi connectivity index (χ1) is 8.21. The molecule has 0 saturated carbocycles. The number of nitrogens with zero attached hydrogens (tertiary/aromatic N) is 2.